The van der Waals surface area contributed by atoms with Crippen LogP contribution in [0.4, 0.5) is 0 Å². The van der Waals surface area contributed by atoms with Gasteiger partial charge in [-0.2, -0.15) is 0 Å². The van der Waals surface area contributed by atoms with E-state index in [0.29, 0.717) is 6.61 Å². The molecule has 2 aromatic rings. The van der Waals surface area contributed by atoms with Gasteiger partial charge in [0.1, 0.15) is 18.2 Å². The number of para-hydroxylation sites is 1. The lowest BCUT2D eigenvalue weighted by atomic mass is 10.1. The fourth-order valence-electron chi connectivity index (χ4n) is 1.88. The van der Waals surface area contributed by atoms with Gasteiger partial charge >= 0.3 is 0 Å². The molecule has 4 heteroatoms. The van der Waals surface area contributed by atoms with E-state index in [2.05, 4.69) is 9.55 Å². The van der Waals surface area contributed by atoms with Crippen LogP contribution in [0.2, 0.25) is 0 Å². The van der Waals surface area contributed by atoms with Crippen molar-refractivity contribution in [2.24, 2.45) is 5.73 Å². The van der Waals surface area contributed by atoms with Gasteiger partial charge in [-0.1, -0.05) is 18.2 Å². The highest BCUT2D eigenvalue weighted by atomic mass is 16.5. The van der Waals surface area contributed by atoms with Crippen LogP contribution in [0.25, 0.3) is 0 Å². The van der Waals surface area contributed by atoms with Gasteiger partial charge in [0.25, 0.3) is 0 Å². The molecule has 0 amide bonds. The van der Waals surface area contributed by atoms with E-state index in [4.69, 9.17) is 10.5 Å². The highest BCUT2D eigenvalue weighted by Crippen LogP contribution is 2.23. The lowest BCUT2D eigenvalue weighted by molar-refractivity contribution is 0.293. The number of ether oxygens (including phenoxy) is 1. The fourth-order valence-corrected chi connectivity index (χ4v) is 1.88. The average Bonchev–Trinajstić information content (AvgIpc) is 2.76. The summed E-state index contributed by atoms with van der Waals surface area (Å²) in [5.41, 5.74) is 6.95. The smallest absolute Gasteiger partial charge is 0.124 e. The Labute approximate surface area is 107 Å². The van der Waals surface area contributed by atoms with Gasteiger partial charge in [-0.3, -0.25) is 0 Å². The number of hydrogen-bond donors (Lipinski definition) is 1. The number of nitrogens with zero attached hydrogens (tertiary/aromatic N) is 2. The molecule has 0 aliphatic carbocycles. The van der Waals surface area contributed by atoms with Crippen LogP contribution in [0.3, 0.4) is 0 Å². The molecule has 18 heavy (non-hydrogen) atoms. The van der Waals surface area contributed by atoms with Crippen LogP contribution in [-0.2, 0) is 6.54 Å². The molecule has 0 saturated heterocycles. The Bertz CT molecular complexity index is 505. The minimum Gasteiger partial charge on any atom is -0.491 e. The Kier molecular flexibility index (Phi) is 3.99. The molecule has 0 aliphatic rings. The van der Waals surface area contributed by atoms with E-state index in [1.54, 1.807) is 6.20 Å². The summed E-state index contributed by atoms with van der Waals surface area (Å²) in [7, 11) is 0. The molecule has 0 saturated carbocycles. The lowest BCUT2D eigenvalue weighted by Crippen LogP contribution is -2.12. The van der Waals surface area contributed by atoms with Crippen LogP contribution >= 0.6 is 0 Å². The Morgan fingerprint density at radius 2 is 2.17 bits per heavy atom. The topological polar surface area (TPSA) is 53.1 Å². The first kappa shape index (κ1) is 12.6. The maximum atomic E-state index is 5.91. The molecule has 1 atom stereocenters. The molecule has 1 aromatic carbocycles. The highest BCUT2D eigenvalue weighted by molar-refractivity contribution is 5.35. The van der Waals surface area contributed by atoms with Crippen LogP contribution in [0, 0.1) is 6.92 Å². The summed E-state index contributed by atoms with van der Waals surface area (Å²) in [6.07, 6.45) is 3.75. The number of nitrogens with two attached hydrogens (primary N) is 1. The molecule has 0 aliphatic heterocycles. The zero-order valence-corrected chi connectivity index (χ0v) is 10.8. The largest absolute Gasteiger partial charge is 0.491 e. The molecular formula is C14H19N3O. The third-order valence-electron chi connectivity index (χ3n) is 2.92. The molecule has 0 spiro atoms. The zero-order chi connectivity index (χ0) is 13.0. The minimum atomic E-state index is -0.0174. The van der Waals surface area contributed by atoms with E-state index >= 15 is 0 Å². The Hall–Kier alpha value is -1.81. The summed E-state index contributed by atoms with van der Waals surface area (Å²) in [4.78, 5) is 4.18. The van der Waals surface area contributed by atoms with Gasteiger partial charge in [-0.25, -0.2) is 4.98 Å². The maximum absolute atomic E-state index is 5.91. The Morgan fingerprint density at radius 1 is 1.39 bits per heavy atom. The second kappa shape index (κ2) is 5.69. The van der Waals surface area contributed by atoms with Crippen molar-refractivity contribution in [3.05, 3.63) is 48.0 Å². The van der Waals surface area contributed by atoms with Gasteiger partial charge in [0.15, 0.2) is 0 Å². The summed E-state index contributed by atoms with van der Waals surface area (Å²) in [5.74, 6) is 1.87. The molecule has 1 heterocycles. The first-order chi connectivity index (χ1) is 8.68. The first-order valence-electron chi connectivity index (χ1n) is 6.13. The van der Waals surface area contributed by atoms with Gasteiger partial charge < -0.3 is 15.0 Å². The maximum Gasteiger partial charge on any atom is 0.124 e. The van der Waals surface area contributed by atoms with Gasteiger partial charge in [0, 0.05) is 24.0 Å². The summed E-state index contributed by atoms with van der Waals surface area (Å²) in [6, 6.07) is 7.88. The highest BCUT2D eigenvalue weighted by Gasteiger charge is 2.07. The van der Waals surface area contributed by atoms with E-state index in [1.165, 1.54) is 0 Å². The molecule has 0 radical (unpaired) electrons. The van der Waals surface area contributed by atoms with Crippen LogP contribution in [0.1, 0.15) is 24.4 Å². The normalized spacial score (nSPS) is 12.4. The number of rotatable bonds is 5. The number of benzene rings is 1. The fraction of sp³-hybridized carbons (Fsp3) is 0.357. The second-order valence-electron chi connectivity index (χ2n) is 4.34. The summed E-state index contributed by atoms with van der Waals surface area (Å²) in [5, 5.41) is 0. The third-order valence-corrected chi connectivity index (χ3v) is 2.92. The van der Waals surface area contributed by atoms with Crippen molar-refractivity contribution in [1.82, 2.24) is 9.55 Å². The van der Waals surface area contributed by atoms with Crippen molar-refractivity contribution >= 4 is 0 Å². The van der Waals surface area contributed by atoms with Crippen LogP contribution in [-0.4, -0.2) is 16.2 Å². The van der Waals surface area contributed by atoms with E-state index in [-0.39, 0.29) is 6.04 Å². The molecule has 1 unspecified atom stereocenters. The SMILES string of the molecule is Cc1nccn1CCOc1ccccc1C(C)N. The lowest BCUT2D eigenvalue weighted by Gasteiger charge is -2.14. The molecule has 4 nitrogen and oxygen atoms in total. The number of aromatic nitrogens is 2. The molecule has 96 valence electrons. The van der Waals surface area contributed by atoms with Gasteiger partial charge in [0.05, 0.1) is 6.54 Å². The minimum absolute atomic E-state index is 0.0174. The number of hydrogen-bond acceptors (Lipinski definition) is 3. The van der Waals surface area contributed by atoms with Crippen molar-refractivity contribution in [2.45, 2.75) is 26.4 Å². The second-order valence-corrected chi connectivity index (χ2v) is 4.34. The Morgan fingerprint density at radius 3 is 2.83 bits per heavy atom. The predicted octanol–water partition coefficient (Wildman–Crippen LogP) is 2.29. The van der Waals surface area contributed by atoms with Crippen molar-refractivity contribution in [3.8, 4) is 5.75 Å². The molecule has 2 N–H and O–H groups in total. The summed E-state index contributed by atoms with van der Waals surface area (Å²) >= 11 is 0. The zero-order valence-electron chi connectivity index (χ0n) is 10.8. The quantitative estimate of drug-likeness (QED) is 0.879. The van der Waals surface area contributed by atoms with Crippen LogP contribution in [0.15, 0.2) is 36.7 Å². The standard InChI is InChI=1S/C14H19N3O/c1-11(15)13-5-3-4-6-14(13)18-10-9-17-8-7-16-12(17)2/h3-8,11H,9-10,15H2,1-2H3. The monoisotopic (exact) mass is 245 g/mol. The van der Waals surface area contributed by atoms with E-state index in [9.17, 15) is 0 Å². The van der Waals surface area contributed by atoms with Crippen molar-refractivity contribution in [3.63, 3.8) is 0 Å². The molecule has 1 aromatic heterocycles. The predicted molar refractivity (Wildman–Crippen MR) is 71.5 cm³/mol. The number of aryl methyl sites for hydroxylation is 1. The van der Waals surface area contributed by atoms with Gasteiger partial charge in [-0.05, 0) is 19.9 Å². The van der Waals surface area contributed by atoms with E-state index in [0.717, 1.165) is 23.7 Å². The molecule has 2 rings (SSSR count). The van der Waals surface area contributed by atoms with E-state index < -0.39 is 0 Å². The molecular weight excluding hydrogens is 226 g/mol. The van der Waals surface area contributed by atoms with Gasteiger partial charge in [0.2, 0.25) is 0 Å². The van der Waals surface area contributed by atoms with Crippen LogP contribution in [0.5, 0.6) is 5.75 Å². The van der Waals surface area contributed by atoms with Crippen LogP contribution < -0.4 is 10.5 Å². The van der Waals surface area contributed by atoms with E-state index in [1.807, 2.05) is 44.3 Å². The van der Waals surface area contributed by atoms with Gasteiger partial charge in [-0.15, -0.1) is 0 Å². The number of imidazole rings is 1. The summed E-state index contributed by atoms with van der Waals surface area (Å²) < 4.78 is 7.86. The molecule has 0 bridgehead atoms. The average molecular weight is 245 g/mol. The third kappa shape index (κ3) is 2.90. The Balaban J connectivity index is 1.96. The van der Waals surface area contributed by atoms with Crippen molar-refractivity contribution < 1.29 is 4.74 Å². The van der Waals surface area contributed by atoms with Crippen molar-refractivity contribution in [2.75, 3.05) is 6.61 Å². The molecule has 0 fully saturated rings. The first-order valence-corrected chi connectivity index (χ1v) is 6.13. The summed E-state index contributed by atoms with van der Waals surface area (Å²) in [6.45, 7) is 5.35. The van der Waals surface area contributed by atoms with Crippen molar-refractivity contribution in [1.29, 1.82) is 0 Å².